The van der Waals surface area contributed by atoms with Crippen molar-refractivity contribution in [1.29, 1.82) is 0 Å². The summed E-state index contributed by atoms with van der Waals surface area (Å²) in [5, 5.41) is 0. The summed E-state index contributed by atoms with van der Waals surface area (Å²) in [4.78, 5) is 33.3. The van der Waals surface area contributed by atoms with Crippen molar-refractivity contribution in [3.8, 4) is 11.1 Å². The van der Waals surface area contributed by atoms with Crippen molar-refractivity contribution in [2.75, 3.05) is 6.61 Å². The number of fused-ring (bicyclic) bond motifs is 6. The Kier molecular flexibility index (Phi) is 5.57. The van der Waals surface area contributed by atoms with Gasteiger partial charge in [-0.25, -0.2) is 9.78 Å². The molecule has 0 saturated carbocycles. The first-order chi connectivity index (χ1) is 18.6. The Labute approximate surface area is 221 Å². The lowest BCUT2D eigenvalue weighted by molar-refractivity contribution is 0.00651. The summed E-state index contributed by atoms with van der Waals surface area (Å²) in [5.74, 6) is 0.657. The Morgan fingerprint density at radius 2 is 1.61 bits per heavy atom. The summed E-state index contributed by atoms with van der Waals surface area (Å²) >= 11 is 0. The van der Waals surface area contributed by atoms with Crippen LogP contribution in [0.15, 0.2) is 71.1 Å². The number of nitrogens with zero attached hydrogens (tertiary/aromatic N) is 2. The fourth-order valence-electron chi connectivity index (χ4n) is 6.99. The summed E-state index contributed by atoms with van der Waals surface area (Å²) in [6.45, 7) is 2.13. The first-order valence-corrected chi connectivity index (χ1v) is 13.6. The number of aromatic nitrogens is 1. The minimum atomic E-state index is -0.244. The summed E-state index contributed by atoms with van der Waals surface area (Å²) in [5.41, 5.74) is 6.94. The van der Waals surface area contributed by atoms with Crippen LogP contribution in [0.5, 0.6) is 0 Å². The van der Waals surface area contributed by atoms with E-state index in [2.05, 4.69) is 41.4 Å². The van der Waals surface area contributed by atoms with Gasteiger partial charge in [0, 0.05) is 36.4 Å². The molecular weight excluding hydrogens is 476 g/mol. The molecule has 1 aliphatic carbocycles. The second kappa shape index (κ2) is 9.12. The first kappa shape index (κ1) is 23.2. The van der Waals surface area contributed by atoms with Gasteiger partial charge in [-0.15, -0.1) is 0 Å². The predicted octanol–water partition coefficient (Wildman–Crippen LogP) is 6.90. The minimum absolute atomic E-state index is 0.0309. The number of Topliss-reactive ketones (excluding diaryl/α,β-unsaturated/α-hetero) is 1. The molecule has 3 aliphatic rings. The zero-order valence-corrected chi connectivity index (χ0v) is 21.4. The molecule has 1 aromatic heterocycles. The van der Waals surface area contributed by atoms with Crippen LogP contribution in [0.2, 0.25) is 0 Å². The summed E-state index contributed by atoms with van der Waals surface area (Å²) in [6, 6.07) is 22.3. The van der Waals surface area contributed by atoms with E-state index in [0.29, 0.717) is 36.5 Å². The van der Waals surface area contributed by atoms with Crippen LogP contribution in [0, 0.1) is 12.8 Å². The van der Waals surface area contributed by atoms with Crippen molar-refractivity contribution >= 4 is 23.0 Å². The second-order valence-corrected chi connectivity index (χ2v) is 10.9. The maximum Gasteiger partial charge on any atom is 0.410 e. The smallest absolute Gasteiger partial charge is 0.410 e. The number of piperidine rings is 2. The molecule has 2 atom stereocenters. The third-order valence-electron chi connectivity index (χ3n) is 8.67. The minimum Gasteiger partial charge on any atom is -0.448 e. The molecule has 2 saturated heterocycles. The number of amides is 1. The molecule has 2 aliphatic heterocycles. The number of aryl methyl sites for hydroxylation is 1. The fourth-order valence-corrected chi connectivity index (χ4v) is 6.99. The van der Waals surface area contributed by atoms with E-state index in [9.17, 15) is 9.59 Å². The van der Waals surface area contributed by atoms with Crippen molar-refractivity contribution in [1.82, 2.24) is 9.88 Å². The number of hydrogen-bond donors (Lipinski definition) is 0. The quantitative estimate of drug-likeness (QED) is 0.282. The van der Waals surface area contributed by atoms with E-state index in [1.165, 1.54) is 22.3 Å². The zero-order valence-electron chi connectivity index (χ0n) is 21.4. The lowest BCUT2D eigenvalue weighted by atomic mass is 9.76. The molecule has 4 aromatic rings. The molecule has 2 unspecified atom stereocenters. The predicted molar refractivity (Wildman–Crippen MR) is 144 cm³/mol. The Balaban J connectivity index is 1.06. The van der Waals surface area contributed by atoms with Gasteiger partial charge in [-0.05, 0) is 72.6 Å². The molecule has 3 aromatic carbocycles. The van der Waals surface area contributed by atoms with Gasteiger partial charge in [-0.3, -0.25) is 4.79 Å². The van der Waals surface area contributed by atoms with E-state index >= 15 is 0 Å². The Bertz CT molecular complexity index is 1500. The van der Waals surface area contributed by atoms with Crippen LogP contribution in [-0.4, -0.2) is 40.5 Å². The van der Waals surface area contributed by atoms with Crippen LogP contribution >= 0.6 is 0 Å². The average molecular weight is 507 g/mol. The van der Waals surface area contributed by atoms with Crippen molar-refractivity contribution < 1.29 is 18.7 Å². The number of ether oxygens (including phenoxy) is 1. The van der Waals surface area contributed by atoms with Gasteiger partial charge in [0.15, 0.2) is 17.3 Å². The van der Waals surface area contributed by atoms with Crippen LogP contribution in [0.4, 0.5) is 4.79 Å². The molecule has 2 fully saturated rings. The van der Waals surface area contributed by atoms with Crippen LogP contribution in [-0.2, 0) is 4.74 Å². The van der Waals surface area contributed by atoms with Gasteiger partial charge in [-0.2, -0.15) is 0 Å². The molecule has 2 bridgehead atoms. The molecule has 192 valence electrons. The number of hydrogen-bond acceptors (Lipinski definition) is 5. The average Bonchev–Trinajstić information content (AvgIpc) is 3.46. The number of benzene rings is 3. The third-order valence-corrected chi connectivity index (χ3v) is 8.67. The molecule has 0 spiro atoms. The van der Waals surface area contributed by atoms with Crippen LogP contribution in [0.3, 0.4) is 0 Å². The fraction of sp³-hybridized carbons (Fsp3) is 0.344. The van der Waals surface area contributed by atoms with Crippen LogP contribution < -0.4 is 0 Å². The molecule has 6 nitrogen and oxygen atoms in total. The van der Waals surface area contributed by atoms with Crippen molar-refractivity contribution in [3.63, 3.8) is 0 Å². The van der Waals surface area contributed by atoms with Crippen molar-refractivity contribution in [3.05, 3.63) is 89.3 Å². The molecule has 1 amide bonds. The number of carbonyl (C=O) groups excluding carboxylic acids is 2. The molecule has 6 heteroatoms. The first-order valence-electron chi connectivity index (χ1n) is 13.6. The van der Waals surface area contributed by atoms with Gasteiger partial charge >= 0.3 is 6.09 Å². The standard InChI is InChI=1S/C32H30N2O4/c1-19-33-29-14-13-20(17-30(29)38-19)31(35)21-15-22-7-6-8-23(16-21)34(22)32(36)37-18-28-26-11-4-2-9-24(26)25-10-3-5-12-27(25)28/h2-5,9-14,17,21-23,28H,6-8,15-16,18H2,1H3. The third kappa shape index (κ3) is 3.82. The van der Waals surface area contributed by atoms with E-state index in [0.717, 1.165) is 24.8 Å². The van der Waals surface area contributed by atoms with Gasteiger partial charge < -0.3 is 14.1 Å². The van der Waals surface area contributed by atoms with Crippen molar-refractivity contribution in [2.45, 2.75) is 57.0 Å². The lowest BCUT2D eigenvalue weighted by Crippen LogP contribution is -2.55. The van der Waals surface area contributed by atoms with Gasteiger partial charge in [0.2, 0.25) is 0 Å². The molecule has 0 N–H and O–H groups in total. The summed E-state index contributed by atoms with van der Waals surface area (Å²) < 4.78 is 11.7. The van der Waals surface area contributed by atoms with Crippen molar-refractivity contribution in [2.24, 2.45) is 5.92 Å². The van der Waals surface area contributed by atoms with Gasteiger partial charge in [0.25, 0.3) is 0 Å². The monoisotopic (exact) mass is 506 g/mol. The van der Waals surface area contributed by atoms with E-state index in [4.69, 9.17) is 9.15 Å². The van der Waals surface area contributed by atoms with E-state index in [1.54, 1.807) is 0 Å². The van der Waals surface area contributed by atoms with Crippen LogP contribution in [0.25, 0.3) is 22.2 Å². The number of ketones is 1. The maximum atomic E-state index is 13.5. The Morgan fingerprint density at radius 3 is 2.29 bits per heavy atom. The van der Waals surface area contributed by atoms with Gasteiger partial charge in [0.1, 0.15) is 12.1 Å². The Morgan fingerprint density at radius 1 is 0.947 bits per heavy atom. The lowest BCUT2D eigenvalue weighted by Gasteiger charge is -2.47. The number of oxazole rings is 1. The molecule has 0 radical (unpaired) electrons. The zero-order chi connectivity index (χ0) is 25.8. The molecule has 38 heavy (non-hydrogen) atoms. The van der Waals surface area contributed by atoms with Crippen LogP contribution in [0.1, 0.15) is 65.4 Å². The normalized spacial score (nSPS) is 22.2. The highest BCUT2D eigenvalue weighted by Crippen LogP contribution is 2.45. The van der Waals surface area contributed by atoms with E-state index < -0.39 is 0 Å². The SMILES string of the molecule is Cc1nc2ccc(C(=O)C3CC4CCCC(C3)N4C(=O)OCC3c4ccccc4-c4ccccc43)cc2o1. The second-order valence-electron chi connectivity index (χ2n) is 10.9. The largest absolute Gasteiger partial charge is 0.448 e. The Hall–Kier alpha value is -3.93. The molecule has 3 heterocycles. The summed E-state index contributed by atoms with van der Waals surface area (Å²) in [7, 11) is 0. The number of rotatable bonds is 4. The summed E-state index contributed by atoms with van der Waals surface area (Å²) in [6.07, 6.45) is 3.99. The topological polar surface area (TPSA) is 72.6 Å². The number of carbonyl (C=O) groups is 2. The van der Waals surface area contributed by atoms with E-state index in [-0.39, 0.29) is 35.8 Å². The highest BCUT2D eigenvalue weighted by Gasteiger charge is 2.44. The maximum absolute atomic E-state index is 13.5. The highest BCUT2D eigenvalue weighted by atomic mass is 16.6. The van der Waals surface area contributed by atoms with E-state index in [1.807, 2.05) is 42.2 Å². The van der Waals surface area contributed by atoms with Gasteiger partial charge in [0.05, 0.1) is 0 Å². The van der Waals surface area contributed by atoms with Gasteiger partial charge in [-0.1, -0.05) is 48.5 Å². The molecular formula is C32H30N2O4. The molecule has 7 rings (SSSR count). The highest BCUT2D eigenvalue weighted by molar-refractivity contribution is 6.00.